The van der Waals surface area contributed by atoms with Gasteiger partial charge in [-0.2, -0.15) is 0 Å². The van der Waals surface area contributed by atoms with Crippen LogP contribution in [0, 0.1) is 13.8 Å². The molecule has 4 rings (SSSR count). The Morgan fingerprint density at radius 1 is 1.30 bits per heavy atom. The summed E-state index contributed by atoms with van der Waals surface area (Å²) in [7, 11) is 0. The normalized spacial score (nSPS) is 11.3. The highest BCUT2D eigenvalue weighted by atomic mass is 32.2. The largest absolute Gasteiger partial charge is 0.325 e. The van der Waals surface area contributed by atoms with E-state index in [2.05, 4.69) is 26.8 Å². The van der Waals surface area contributed by atoms with Gasteiger partial charge in [0.2, 0.25) is 5.91 Å². The highest BCUT2D eigenvalue weighted by Crippen LogP contribution is 2.28. The fourth-order valence-corrected chi connectivity index (χ4v) is 5.03. The first kappa shape index (κ1) is 20.2. The van der Waals surface area contributed by atoms with Crippen molar-refractivity contribution in [1.29, 1.82) is 0 Å². The number of hydrogen-bond donors (Lipinski definition) is 3. The number of imidazole rings is 1. The van der Waals surface area contributed by atoms with Gasteiger partial charge in [-0.05, 0) is 37.6 Å². The summed E-state index contributed by atoms with van der Waals surface area (Å²) in [5.41, 5.74) is 2.37. The van der Waals surface area contributed by atoms with E-state index in [4.69, 9.17) is 0 Å². The number of aromatic amines is 2. The molecule has 1 aromatic carbocycles. The summed E-state index contributed by atoms with van der Waals surface area (Å²) in [6.45, 7) is 7.93. The Morgan fingerprint density at radius 2 is 2.07 bits per heavy atom. The summed E-state index contributed by atoms with van der Waals surface area (Å²) in [5, 5.41) is 3.91. The third-order valence-corrected chi connectivity index (χ3v) is 6.78. The first-order chi connectivity index (χ1) is 14.4. The van der Waals surface area contributed by atoms with Crippen LogP contribution < -0.4 is 16.6 Å². The number of aromatic nitrogens is 4. The van der Waals surface area contributed by atoms with Crippen LogP contribution in [0.3, 0.4) is 0 Å². The van der Waals surface area contributed by atoms with Gasteiger partial charge in [-0.15, -0.1) is 17.9 Å². The van der Waals surface area contributed by atoms with Crippen molar-refractivity contribution in [3.8, 4) is 0 Å². The SMILES string of the molecule is C=CCn1c(SCC(=O)Nc2ccc3[nH]c(=O)[nH]c3c2)nc2sc(C)c(C)c2c1=O. The van der Waals surface area contributed by atoms with Gasteiger partial charge in [0, 0.05) is 17.1 Å². The second kappa shape index (κ2) is 7.96. The number of fused-ring (bicyclic) bond motifs is 2. The molecule has 1 amide bonds. The average Bonchev–Trinajstić information content (AvgIpc) is 3.20. The smallest absolute Gasteiger partial charge is 0.323 e. The minimum Gasteiger partial charge on any atom is -0.325 e. The Morgan fingerprint density at radius 3 is 2.83 bits per heavy atom. The molecule has 3 heterocycles. The highest BCUT2D eigenvalue weighted by Gasteiger charge is 2.17. The Hall–Kier alpha value is -3.11. The molecule has 3 N–H and O–H groups in total. The second-order valence-corrected chi connectivity index (χ2v) is 8.88. The number of nitrogens with one attached hydrogen (secondary N) is 3. The molecule has 0 aliphatic heterocycles. The molecule has 0 fully saturated rings. The van der Waals surface area contributed by atoms with Crippen LogP contribution in [0.25, 0.3) is 21.3 Å². The quantitative estimate of drug-likeness (QED) is 0.242. The Balaban J connectivity index is 1.56. The van der Waals surface area contributed by atoms with Gasteiger partial charge < -0.3 is 15.3 Å². The lowest BCUT2D eigenvalue weighted by Crippen LogP contribution is -2.23. The van der Waals surface area contributed by atoms with E-state index in [0.29, 0.717) is 38.6 Å². The zero-order chi connectivity index (χ0) is 21.4. The maximum Gasteiger partial charge on any atom is 0.323 e. The zero-order valence-corrected chi connectivity index (χ0v) is 18.0. The first-order valence-corrected chi connectivity index (χ1v) is 10.9. The van der Waals surface area contributed by atoms with Crippen molar-refractivity contribution >= 4 is 55.9 Å². The van der Waals surface area contributed by atoms with E-state index in [9.17, 15) is 14.4 Å². The molecule has 30 heavy (non-hydrogen) atoms. The predicted molar refractivity (Wildman–Crippen MR) is 122 cm³/mol. The number of thiophene rings is 1. The van der Waals surface area contributed by atoms with Crippen LogP contribution in [0.5, 0.6) is 0 Å². The van der Waals surface area contributed by atoms with Crippen LogP contribution in [0.1, 0.15) is 10.4 Å². The average molecular weight is 442 g/mol. The van der Waals surface area contributed by atoms with Crippen molar-refractivity contribution in [2.75, 3.05) is 11.1 Å². The van der Waals surface area contributed by atoms with Crippen LogP contribution >= 0.6 is 23.1 Å². The van der Waals surface area contributed by atoms with Crippen molar-refractivity contribution in [3.63, 3.8) is 0 Å². The molecule has 0 aliphatic carbocycles. The van der Waals surface area contributed by atoms with Gasteiger partial charge in [0.25, 0.3) is 5.56 Å². The minimum atomic E-state index is -0.301. The fraction of sp³-hybridized carbons (Fsp3) is 0.200. The Kier molecular flexibility index (Phi) is 5.35. The number of carbonyl (C=O) groups excluding carboxylic acids is 1. The molecule has 0 atom stereocenters. The molecule has 0 saturated heterocycles. The van der Waals surface area contributed by atoms with Gasteiger partial charge in [0.1, 0.15) is 4.83 Å². The zero-order valence-electron chi connectivity index (χ0n) is 16.4. The number of carbonyl (C=O) groups is 1. The van der Waals surface area contributed by atoms with E-state index in [0.717, 1.165) is 10.4 Å². The van der Waals surface area contributed by atoms with Crippen LogP contribution in [-0.2, 0) is 11.3 Å². The second-order valence-electron chi connectivity index (χ2n) is 6.74. The van der Waals surface area contributed by atoms with Gasteiger partial charge >= 0.3 is 5.69 Å². The number of thioether (sulfide) groups is 1. The summed E-state index contributed by atoms with van der Waals surface area (Å²) in [6.07, 6.45) is 1.64. The molecule has 0 aliphatic rings. The number of nitrogens with zero attached hydrogens (tertiary/aromatic N) is 2. The molecule has 10 heteroatoms. The fourth-order valence-electron chi connectivity index (χ4n) is 3.15. The van der Waals surface area contributed by atoms with Crippen molar-refractivity contribution in [1.82, 2.24) is 19.5 Å². The van der Waals surface area contributed by atoms with Gasteiger partial charge in [0.05, 0.1) is 22.2 Å². The van der Waals surface area contributed by atoms with Crippen LogP contribution in [0.15, 0.2) is 45.6 Å². The molecule has 154 valence electrons. The molecular formula is C20H19N5O3S2. The summed E-state index contributed by atoms with van der Waals surface area (Å²) in [4.78, 5) is 48.5. The van der Waals surface area contributed by atoms with E-state index in [1.165, 1.54) is 23.1 Å². The number of benzene rings is 1. The maximum atomic E-state index is 13.0. The van der Waals surface area contributed by atoms with Gasteiger partial charge in [-0.25, -0.2) is 9.78 Å². The number of hydrogen-bond acceptors (Lipinski definition) is 6. The molecule has 0 saturated carbocycles. The topological polar surface area (TPSA) is 113 Å². The number of H-pyrrole nitrogens is 2. The predicted octanol–water partition coefficient (Wildman–Crippen LogP) is 3.16. The van der Waals surface area contributed by atoms with Crippen molar-refractivity contribution in [2.24, 2.45) is 0 Å². The maximum absolute atomic E-state index is 13.0. The summed E-state index contributed by atoms with van der Waals surface area (Å²) < 4.78 is 1.54. The monoisotopic (exact) mass is 441 g/mol. The molecule has 0 unspecified atom stereocenters. The third kappa shape index (κ3) is 3.71. The van der Waals surface area contributed by atoms with Gasteiger partial charge in [-0.3, -0.25) is 14.2 Å². The lowest BCUT2D eigenvalue weighted by atomic mass is 10.2. The number of allylic oxidation sites excluding steroid dienone is 1. The van der Waals surface area contributed by atoms with Crippen LogP contribution in [0.4, 0.5) is 5.69 Å². The molecule has 8 nitrogen and oxygen atoms in total. The standard InChI is InChI=1S/C20H19N5O3S2/c1-4-7-25-18(27)16-10(2)11(3)30-17(16)24-20(25)29-9-15(26)21-12-5-6-13-14(8-12)23-19(28)22-13/h4-6,8H,1,7,9H2,2-3H3,(H,21,26)(H2,22,23,28). The van der Waals surface area contributed by atoms with E-state index >= 15 is 0 Å². The number of anilines is 1. The number of amides is 1. The van der Waals surface area contributed by atoms with Crippen molar-refractivity contribution in [2.45, 2.75) is 25.5 Å². The number of rotatable bonds is 6. The lowest BCUT2D eigenvalue weighted by Gasteiger charge is -2.10. The first-order valence-electron chi connectivity index (χ1n) is 9.13. The lowest BCUT2D eigenvalue weighted by molar-refractivity contribution is -0.113. The third-order valence-electron chi connectivity index (χ3n) is 4.70. The van der Waals surface area contributed by atoms with E-state index < -0.39 is 0 Å². The molecule has 4 aromatic rings. The summed E-state index contributed by atoms with van der Waals surface area (Å²) >= 11 is 2.68. The number of aryl methyl sites for hydroxylation is 2. The van der Waals surface area contributed by atoms with E-state index in [1.807, 2.05) is 13.8 Å². The molecule has 0 radical (unpaired) electrons. The molecular weight excluding hydrogens is 422 g/mol. The van der Waals surface area contributed by atoms with Crippen LogP contribution in [0.2, 0.25) is 0 Å². The molecule has 3 aromatic heterocycles. The van der Waals surface area contributed by atoms with Crippen molar-refractivity contribution < 1.29 is 4.79 Å². The minimum absolute atomic E-state index is 0.0835. The van der Waals surface area contributed by atoms with Gasteiger partial charge in [-0.1, -0.05) is 17.8 Å². The molecule has 0 bridgehead atoms. The van der Waals surface area contributed by atoms with E-state index in [-0.39, 0.29) is 22.9 Å². The Bertz CT molecular complexity index is 1410. The Labute approximate surface area is 179 Å². The summed E-state index contributed by atoms with van der Waals surface area (Å²) in [6, 6.07) is 5.11. The van der Waals surface area contributed by atoms with E-state index in [1.54, 1.807) is 28.8 Å². The van der Waals surface area contributed by atoms with Gasteiger partial charge in [0.15, 0.2) is 5.16 Å². The molecule has 0 spiro atoms. The van der Waals surface area contributed by atoms with Crippen molar-refractivity contribution in [3.05, 3.63) is 62.1 Å². The highest BCUT2D eigenvalue weighted by molar-refractivity contribution is 7.99. The van der Waals surface area contributed by atoms with Crippen LogP contribution in [-0.4, -0.2) is 31.2 Å². The summed E-state index contributed by atoms with van der Waals surface area (Å²) in [5.74, 6) is -0.157.